The van der Waals surface area contributed by atoms with Gasteiger partial charge in [0.2, 0.25) is 0 Å². The van der Waals surface area contributed by atoms with Crippen LogP contribution in [-0.2, 0) is 6.54 Å². The third-order valence-electron chi connectivity index (χ3n) is 4.42. The highest BCUT2D eigenvalue weighted by Gasteiger charge is 2.29. The predicted molar refractivity (Wildman–Crippen MR) is 99.6 cm³/mol. The highest BCUT2D eigenvalue weighted by atomic mass is 32.1. The SMILES string of the molecule is CCCNCc1nc2scc(-c3ccccc3)c2c(=O)n1C1CC1. The quantitative estimate of drug-likeness (QED) is 0.692. The summed E-state index contributed by atoms with van der Waals surface area (Å²) in [5.74, 6) is 0.880. The molecule has 1 fully saturated rings. The summed E-state index contributed by atoms with van der Waals surface area (Å²) in [7, 11) is 0. The number of thiophene rings is 1. The Labute approximate surface area is 145 Å². The maximum absolute atomic E-state index is 13.2. The van der Waals surface area contributed by atoms with Crippen molar-refractivity contribution in [3.8, 4) is 11.1 Å². The first-order valence-corrected chi connectivity index (χ1v) is 9.46. The summed E-state index contributed by atoms with van der Waals surface area (Å²) in [6.07, 6.45) is 3.24. The summed E-state index contributed by atoms with van der Waals surface area (Å²) in [4.78, 5) is 18.9. The molecule has 0 amide bonds. The number of rotatable bonds is 6. The molecule has 24 heavy (non-hydrogen) atoms. The van der Waals surface area contributed by atoms with Crippen molar-refractivity contribution >= 4 is 21.6 Å². The molecule has 1 aliphatic carbocycles. The van der Waals surface area contributed by atoms with Crippen molar-refractivity contribution in [1.82, 2.24) is 14.9 Å². The Balaban J connectivity index is 1.86. The van der Waals surface area contributed by atoms with E-state index in [1.54, 1.807) is 11.3 Å². The molecule has 124 valence electrons. The Morgan fingerprint density at radius 1 is 1.29 bits per heavy atom. The van der Waals surface area contributed by atoms with Gasteiger partial charge in [-0.1, -0.05) is 37.3 Å². The zero-order chi connectivity index (χ0) is 16.5. The number of nitrogens with one attached hydrogen (secondary N) is 1. The van der Waals surface area contributed by atoms with Crippen molar-refractivity contribution in [1.29, 1.82) is 0 Å². The predicted octanol–water partition coefficient (Wildman–Crippen LogP) is 3.96. The van der Waals surface area contributed by atoms with Gasteiger partial charge in [-0.3, -0.25) is 9.36 Å². The van der Waals surface area contributed by atoms with Gasteiger partial charge in [0.05, 0.1) is 11.9 Å². The molecule has 1 N–H and O–H groups in total. The standard InChI is InChI=1S/C19H21N3OS/c1-2-10-20-11-16-21-18-17(19(23)22(16)14-8-9-14)15(12-24-18)13-6-4-3-5-7-13/h3-7,12,14,20H,2,8-11H2,1H3. The highest BCUT2D eigenvalue weighted by Crippen LogP contribution is 2.37. The molecule has 1 aromatic carbocycles. The van der Waals surface area contributed by atoms with E-state index in [1.807, 2.05) is 22.8 Å². The van der Waals surface area contributed by atoms with Crippen LogP contribution in [0.2, 0.25) is 0 Å². The number of hydrogen-bond acceptors (Lipinski definition) is 4. The number of fused-ring (bicyclic) bond motifs is 1. The lowest BCUT2D eigenvalue weighted by Crippen LogP contribution is -2.28. The van der Waals surface area contributed by atoms with Gasteiger partial charge in [-0.25, -0.2) is 4.98 Å². The van der Waals surface area contributed by atoms with E-state index in [1.165, 1.54) is 0 Å². The van der Waals surface area contributed by atoms with Gasteiger partial charge in [-0.05, 0) is 31.4 Å². The van der Waals surface area contributed by atoms with Crippen LogP contribution in [0.15, 0.2) is 40.5 Å². The van der Waals surface area contributed by atoms with Crippen LogP contribution >= 0.6 is 11.3 Å². The van der Waals surface area contributed by atoms with Gasteiger partial charge in [0.15, 0.2) is 0 Å². The Morgan fingerprint density at radius 2 is 2.08 bits per heavy atom. The fourth-order valence-electron chi connectivity index (χ4n) is 3.09. The van der Waals surface area contributed by atoms with Gasteiger partial charge in [0.25, 0.3) is 5.56 Å². The average molecular weight is 339 g/mol. The van der Waals surface area contributed by atoms with Gasteiger partial charge in [0.1, 0.15) is 10.7 Å². The van der Waals surface area contributed by atoms with E-state index in [4.69, 9.17) is 4.98 Å². The molecule has 0 radical (unpaired) electrons. The van der Waals surface area contributed by atoms with Crippen LogP contribution in [0.5, 0.6) is 0 Å². The van der Waals surface area contributed by atoms with Gasteiger partial charge in [-0.2, -0.15) is 0 Å². The zero-order valence-electron chi connectivity index (χ0n) is 13.8. The minimum Gasteiger partial charge on any atom is -0.310 e. The van der Waals surface area contributed by atoms with Gasteiger partial charge in [0, 0.05) is 17.0 Å². The number of hydrogen-bond donors (Lipinski definition) is 1. The first kappa shape index (κ1) is 15.5. The second kappa shape index (κ2) is 6.49. The van der Waals surface area contributed by atoms with E-state index in [-0.39, 0.29) is 5.56 Å². The summed E-state index contributed by atoms with van der Waals surface area (Å²) >= 11 is 1.56. The lowest BCUT2D eigenvalue weighted by molar-refractivity contribution is 0.580. The van der Waals surface area contributed by atoms with E-state index in [0.29, 0.717) is 12.6 Å². The summed E-state index contributed by atoms with van der Waals surface area (Å²) in [5, 5.41) is 6.23. The lowest BCUT2D eigenvalue weighted by atomic mass is 10.1. The molecule has 1 aliphatic rings. The fourth-order valence-corrected chi connectivity index (χ4v) is 4.04. The maximum atomic E-state index is 13.2. The topological polar surface area (TPSA) is 46.9 Å². The Kier molecular flexibility index (Phi) is 4.21. The zero-order valence-corrected chi connectivity index (χ0v) is 14.6. The minimum absolute atomic E-state index is 0.121. The van der Waals surface area contributed by atoms with Gasteiger partial charge >= 0.3 is 0 Å². The summed E-state index contributed by atoms with van der Waals surface area (Å²) in [6.45, 7) is 3.75. The van der Waals surface area contributed by atoms with Crippen molar-refractivity contribution in [3.05, 3.63) is 51.9 Å². The van der Waals surface area contributed by atoms with Gasteiger partial charge < -0.3 is 5.32 Å². The number of benzene rings is 1. The van der Waals surface area contributed by atoms with Crippen LogP contribution < -0.4 is 10.9 Å². The summed E-state index contributed by atoms with van der Waals surface area (Å²) in [6, 6.07) is 10.5. The molecule has 4 nitrogen and oxygen atoms in total. The molecule has 3 aromatic rings. The van der Waals surface area contributed by atoms with Crippen molar-refractivity contribution in [2.45, 2.75) is 38.8 Å². The van der Waals surface area contributed by atoms with E-state index in [2.05, 4.69) is 29.8 Å². The van der Waals surface area contributed by atoms with Gasteiger partial charge in [-0.15, -0.1) is 11.3 Å². The first-order chi connectivity index (χ1) is 11.8. The third-order valence-corrected chi connectivity index (χ3v) is 5.29. The normalized spacial score (nSPS) is 14.4. The van der Waals surface area contributed by atoms with E-state index >= 15 is 0 Å². The lowest BCUT2D eigenvalue weighted by Gasteiger charge is -2.12. The molecular formula is C19H21N3OS. The number of aromatic nitrogens is 2. The van der Waals surface area contributed by atoms with E-state index < -0.39 is 0 Å². The van der Waals surface area contributed by atoms with Crippen molar-refractivity contribution in [2.75, 3.05) is 6.54 Å². The smallest absolute Gasteiger partial charge is 0.263 e. The van der Waals surface area contributed by atoms with Crippen LogP contribution in [0.25, 0.3) is 21.3 Å². The maximum Gasteiger partial charge on any atom is 0.263 e. The van der Waals surface area contributed by atoms with Crippen molar-refractivity contribution in [2.24, 2.45) is 0 Å². The van der Waals surface area contributed by atoms with E-state index in [9.17, 15) is 4.79 Å². The van der Waals surface area contributed by atoms with Crippen LogP contribution in [-0.4, -0.2) is 16.1 Å². The number of nitrogens with zero attached hydrogens (tertiary/aromatic N) is 2. The summed E-state index contributed by atoms with van der Waals surface area (Å²) < 4.78 is 1.93. The molecule has 0 bridgehead atoms. The molecule has 5 heteroatoms. The van der Waals surface area contributed by atoms with Crippen LogP contribution in [0.3, 0.4) is 0 Å². The molecule has 0 aliphatic heterocycles. The molecule has 0 atom stereocenters. The minimum atomic E-state index is 0.121. The van der Waals surface area contributed by atoms with E-state index in [0.717, 1.165) is 53.0 Å². The Morgan fingerprint density at radius 3 is 2.79 bits per heavy atom. The molecule has 0 spiro atoms. The highest BCUT2D eigenvalue weighted by molar-refractivity contribution is 7.17. The molecule has 2 aromatic heterocycles. The molecular weight excluding hydrogens is 318 g/mol. The van der Waals surface area contributed by atoms with Crippen molar-refractivity contribution in [3.63, 3.8) is 0 Å². The molecule has 0 saturated heterocycles. The monoisotopic (exact) mass is 339 g/mol. The Hall–Kier alpha value is -1.98. The molecule has 4 rings (SSSR count). The first-order valence-electron chi connectivity index (χ1n) is 8.58. The van der Waals surface area contributed by atoms with Crippen LogP contribution in [0.4, 0.5) is 0 Å². The molecule has 1 saturated carbocycles. The fraction of sp³-hybridized carbons (Fsp3) is 0.368. The largest absolute Gasteiger partial charge is 0.310 e. The Bertz CT molecular complexity index is 910. The van der Waals surface area contributed by atoms with Crippen LogP contribution in [0.1, 0.15) is 38.1 Å². The van der Waals surface area contributed by atoms with Crippen molar-refractivity contribution < 1.29 is 0 Å². The molecule has 0 unspecified atom stereocenters. The molecule has 2 heterocycles. The average Bonchev–Trinajstić information content (AvgIpc) is 3.34. The summed E-state index contributed by atoms with van der Waals surface area (Å²) in [5.41, 5.74) is 2.22. The third kappa shape index (κ3) is 2.78. The second-order valence-corrected chi connectivity index (χ2v) is 7.16. The van der Waals surface area contributed by atoms with Crippen LogP contribution in [0, 0.1) is 0 Å². The second-order valence-electron chi connectivity index (χ2n) is 6.31.